The van der Waals surface area contributed by atoms with Gasteiger partial charge in [-0.1, -0.05) is 11.8 Å². The molecule has 0 atom stereocenters. The zero-order valence-electron chi connectivity index (χ0n) is 9.12. The summed E-state index contributed by atoms with van der Waals surface area (Å²) in [7, 11) is 0. The van der Waals surface area contributed by atoms with E-state index < -0.39 is 5.97 Å². The summed E-state index contributed by atoms with van der Waals surface area (Å²) >= 11 is 1.32. The molecule has 0 aliphatic rings. The Morgan fingerprint density at radius 1 is 1.24 bits per heavy atom. The van der Waals surface area contributed by atoms with Gasteiger partial charge in [-0.3, -0.25) is 4.98 Å². The predicted octanol–water partition coefficient (Wildman–Crippen LogP) is 2.63. The van der Waals surface area contributed by atoms with E-state index >= 15 is 0 Å². The van der Waals surface area contributed by atoms with Gasteiger partial charge >= 0.3 is 5.97 Å². The number of pyridine rings is 2. The molecule has 0 radical (unpaired) electrons. The van der Waals surface area contributed by atoms with Crippen molar-refractivity contribution in [3.05, 3.63) is 47.9 Å². The van der Waals surface area contributed by atoms with E-state index in [4.69, 9.17) is 5.11 Å². The fourth-order valence-electron chi connectivity index (χ4n) is 1.29. The molecule has 0 spiro atoms. The highest BCUT2D eigenvalue weighted by atomic mass is 32.2. The molecule has 86 valence electrons. The van der Waals surface area contributed by atoms with Gasteiger partial charge in [0.1, 0.15) is 5.03 Å². The molecule has 1 N–H and O–H groups in total. The number of hydrogen-bond donors (Lipinski definition) is 1. The van der Waals surface area contributed by atoms with Crippen molar-refractivity contribution in [1.29, 1.82) is 0 Å². The first-order chi connectivity index (χ1) is 8.16. The Kier molecular flexibility index (Phi) is 3.39. The molecular weight excluding hydrogens is 236 g/mol. The molecule has 0 fully saturated rings. The van der Waals surface area contributed by atoms with Crippen molar-refractivity contribution in [2.24, 2.45) is 0 Å². The second-order valence-electron chi connectivity index (χ2n) is 3.40. The van der Waals surface area contributed by atoms with Crippen LogP contribution >= 0.6 is 11.8 Å². The minimum Gasteiger partial charge on any atom is -0.478 e. The molecule has 0 aliphatic carbocycles. The Bertz CT molecular complexity index is 543. The van der Waals surface area contributed by atoms with E-state index in [0.29, 0.717) is 5.03 Å². The van der Waals surface area contributed by atoms with Gasteiger partial charge in [0.2, 0.25) is 0 Å². The van der Waals surface area contributed by atoms with Gasteiger partial charge in [0, 0.05) is 23.0 Å². The summed E-state index contributed by atoms with van der Waals surface area (Å²) in [5.74, 6) is -0.964. The van der Waals surface area contributed by atoms with Crippen LogP contribution in [0.1, 0.15) is 16.1 Å². The highest BCUT2D eigenvalue weighted by Gasteiger charge is 2.12. The summed E-state index contributed by atoms with van der Waals surface area (Å²) in [5.41, 5.74) is 1.02. The molecular formula is C12H10N2O2S. The van der Waals surface area contributed by atoms with Crippen LogP contribution < -0.4 is 0 Å². The Morgan fingerprint density at radius 3 is 2.59 bits per heavy atom. The first-order valence-electron chi connectivity index (χ1n) is 4.95. The Balaban J connectivity index is 2.37. The minimum absolute atomic E-state index is 0.220. The first-order valence-corrected chi connectivity index (χ1v) is 5.77. The molecule has 0 aromatic carbocycles. The first kappa shape index (κ1) is 11.6. The van der Waals surface area contributed by atoms with E-state index in [1.165, 1.54) is 11.8 Å². The van der Waals surface area contributed by atoms with E-state index in [9.17, 15) is 4.79 Å². The van der Waals surface area contributed by atoms with Crippen LogP contribution in [0.5, 0.6) is 0 Å². The van der Waals surface area contributed by atoms with Gasteiger partial charge in [0.05, 0.1) is 5.56 Å². The van der Waals surface area contributed by atoms with Crippen molar-refractivity contribution in [3.8, 4) is 0 Å². The number of carbonyl (C=O) groups is 1. The lowest BCUT2D eigenvalue weighted by Gasteiger charge is -2.05. The molecule has 4 nitrogen and oxygen atoms in total. The molecule has 2 aromatic rings. The average molecular weight is 246 g/mol. The van der Waals surface area contributed by atoms with Gasteiger partial charge in [-0.2, -0.15) is 0 Å². The highest BCUT2D eigenvalue weighted by molar-refractivity contribution is 7.99. The molecule has 17 heavy (non-hydrogen) atoms. The van der Waals surface area contributed by atoms with Crippen LogP contribution in [0.25, 0.3) is 0 Å². The highest BCUT2D eigenvalue weighted by Crippen LogP contribution is 2.28. The Labute approximate surface area is 103 Å². The molecule has 0 unspecified atom stereocenters. The SMILES string of the molecule is Cc1ccc(C(=O)O)c(Sc2ccncc2)n1. The number of rotatable bonds is 3. The number of carboxylic acids is 1. The van der Waals surface area contributed by atoms with E-state index in [0.717, 1.165) is 10.6 Å². The van der Waals surface area contributed by atoms with Gasteiger partial charge in [-0.15, -0.1) is 0 Å². The molecule has 5 heteroatoms. The van der Waals surface area contributed by atoms with Crippen LogP contribution in [0.2, 0.25) is 0 Å². The summed E-state index contributed by atoms with van der Waals surface area (Å²) < 4.78 is 0. The Morgan fingerprint density at radius 2 is 1.94 bits per heavy atom. The maximum atomic E-state index is 11.1. The summed E-state index contributed by atoms with van der Waals surface area (Å²) in [6.07, 6.45) is 3.33. The van der Waals surface area contributed by atoms with Crippen molar-refractivity contribution in [2.75, 3.05) is 0 Å². The van der Waals surface area contributed by atoms with Crippen LogP contribution in [-0.4, -0.2) is 21.0 Å². The third kappa shape index (κ3) is 2.82. The molecule has 0 aliphatic heterocycles. The average Bonchev–Trinajstić information content (AvgIpc) is 2.30. The molecule has 2 rings (SSSR count). The zero-order valence-corrected chi connectivity index (χ0v) is 9.94. The number of aromatic nitrogens is 2. The van der Waals surface area contributed by atoms with Gasteiger partial charge in [-0.25, -0.2) is 9.78 Å². The topological polar surface area (TPSA) is 63.1 Å². The van der Waals surface area contributed by atoms with Crippen LogP contribution in [-0.2, 0) is 0 Å². The summed E-state index contributed by atoms with van der Waals surface area (Å²) in [4.78, 5) is 20.1. The third-order valence-electron chi connectivity index (χ3n) is 2.09. The maximum Gasteiger partial charge on any atom is 0.338 e. The van der Waals surface area contributed by atoms with Gasteiger partial charge in [-0.05, 0) is 31.2 Å². The molecule has 2 aromatic heterocycles. The summed E-state index contributed by atoms with van der Waals surface area (Å²) in [6.45, 7) is 1.84. The molecule has 0 saturated carbocycles. The summed E-state index contributed by atoms with van der Waals surface area (Å²) in [6, 6.07) is 6.91. The number of carboxylic acid groups (broad SMARTS) is 1. The second-order valence-corrected chi connectivity index (χ2v) is 4.46. The third-order valence-corrected chi connectivity index (χ3v) is 3.11. The lowest BCUT2D eigenvalue weighted by Crippen LogP contribution is -2.01. The van der Waals surface area contributed by atoms with Crippen LogP contribution in [0, 0.1) is 6.92 Å². The lowest BCUT2D eigenvalue weighted by molar-refractivity contribution is 0.0692. The van der Waals surface area contributed by atoms with Crippen LogP contribution in [0.4, 0.5) is 0 Å². The van der Waals surface area contributed by atoms with Crippen LogP contribution in [0.15, 0.2) is 46.6 Å². The van der Waals surface area contributed by atoms with Crippen molar-refractivity contribution in [3.63, 3.8) is 0 Å². The molecule has 0 bridgehead atoms. The summed E-state index contributed by atoms with van der Waals surface area (Å²) in [5, 5.41) is 9.57. The number of hydrogen-bond acceptors (Lipinski definition) is 4. The van der Waals surface area contributed by atoms with Crippen molar-refractivity contribution in [2.45, 2.75) is 16.8 Å². The normalized spacial score (nSPS) is 10.2. The Hall–Kier alpha value is -1.88. The molecule has 0 saturated heterocycles. The van der Waals surface area contributed by atoms with E-state index in [-0.39, 0.29) is 5.56 Å². The standard InChI is InChI=1S/C12H10N2O2S/c1-8-2-3-10(12(15)16)11(14-8)17-9-4-6-13-7-5-9/h2-7H,1H3,(H,15,16). The van der Waals surface area contributed by atoms with Crippen LogP contribution in [0.3, 0.4) is 0 Å². The predicted molar refractivity (Wildman–Crippen MR) is 64.3 cm³/mol. The number of aromatic carboxylic acids is 1. The monoisotopic (exact) mass is 246 g/mol. The quantitative estimate of drug-likeness (QED) is 0.902. The minimum atomic E-state index is -0.964. The maximum absolute atomic E-state index is 11.1. The van der Waals surface area contributed by atoms with Crippen molar-refractivity contribution in [1.82, 2.24) is 9.97 Å². The second kappa shape index (κ2) is 4.97. The number of nitrogens with zero attached hydrogens (tertiary/aromatic N) is 2. The zero-order chi connectivity index (χ0) is 12.3. The van der Waals surface area contributed by atoms with Gasteiger partial charge < -0.3 is 5.11 Å². The fraction of sp³-hybridized carbons (Fsp3) is 0.0833. The largest absolute Gasteiger partial charge is 0.478 e. The van der Waals surface area contributed by atoms with E-state index in [1.807, 2.05) is 19.1 Å². The lowest BCUT2D eigenvalue weighted by atomic mass is 10.2. The van der Waals surface area contributed by atoms with Crippen molar-refractivity contribution < 1.29 is 9.90 Å². The van der Waals surface area contributed by atoms with E-state index in [2.05, 4.69) is 9.97 Å². The smallest absolute Gasteiger partial charge is 0.338 e. The number of aryl methyl sites for hydroxylation is 1. The van der Waals surface area contributed by atoms with Gasteiger partial charge in [0.15, 0.2) is 0 Å². The van der Waals surface area contributed by atoms with Crippen molar-refractivity contribution >= 4 is 17.7 Å². The molecule has 0 amide bonds. The van der Waals surface area contributed by atoms with Gasteiger partial charge in [0.25, 0.3) is 0 Å². The fourth-order valence-corrected chi connectivity index (χ4v) is 2.23. The van der Waals surface area contributed by atoms with E-state index in [1.54, 1.807) is 24.5 Å². The molecule has 2 heterocycles.